The zero-order chi connectivity index (χ0) is 19.1. The van der Waals surface area contributed by atoms with Crippen LogP contribution in [0.25, 0.3) is 0 Å². The van der Waals surface area contributed by atoms with Crippen LogP contribution < -0.4 is 10.2 Å². The van der Waals surface area contributed by atoms with Crippen LogP contribution in [0.3, 0.4) is 0 Å². The van der Waals surface area contributed by atoms with E-state index in [2.05, 4.69) is 5.32 Å². The first-order valence-electron chi connectivity index (χ1n) is 8.82. The Morgan fingerprint density at radius 2 is 1.65 bits per heavy atom. The number of carbonyl (C=O) groups excluding carboxylic acids is 2. The van der Waals surface area contributed by atoms with E-state index in [1.165, 1.54) is 0 Å². The van der Waals surface area contributed by atoms with Crippen LogP contribution in [-0.2, 0) is 9.59 Å². The lowest BCUT2D eigenvalue weighted by molar-refractivity contribution is -0.121. The monoisotopic (exact) mass is 353 g/mol. The van der Waals surface area contributed by atoms with Crippen LogP contribution in [0.5, 0.6) is 0 Å². The Balaban J connectivity index is 1.92. The molecule has 0 atom stereocenters. The van der Waals surface area contributed by atoms with E-state index in [9.17, 15) is 9.59 Å². The third-order valence-electron chi connectivity index (χ3n) is 4.38. The average Bonchev–Trinajstić information content (AvgIpc) is 2.60. The van der Waals surface area contributed by atoms with Crippen LogP contribution in [0.1, 0.15) is 18.1 Å². The molecule has 0 aliphatic rings. The van der Waals surface area contributed by atoms with Gasteiger partial charge in [0.1, 0.15) is 0 Å². The van der Waals surface area contributed by atoms with E-state index in [0.717, 1.165) is 22.5 Å². The molecular formula is C21H27N3O2. The highest BCUT2D eigenvalue weighted by atomic mass is 16.2. The SMILES string of the molecule is CCN(C(=O)CN(C)CC(=O)Nc1cccc(C)c1C)c1ccccc1. The molecule has 0 unspecified atom stereocenters. The maximum absolute atomic E-state index is 12.6. The van der Waals surface area contributed by atoms with Crippen molar-refractivity contribution in [2.75, 3.05) is 36.9 Å². The molecule has 0 fully saturated rings. The lowest BCUT2D eigenvalue weighted by atomic mass is 10.1. The van der Waals surface area contributed by atoms with Gasteiger partial charge in [-0.3, -0.25) is 14.5 Å². The Kier molecular flexibility index (Phi) is 6.92. The van der Waals surface area contributed by atoms with Gasteiger partial charge < -0.3 is 10.2 Å². The Morgan fingerprint density at radius 1 is 0.962 bits per heavy atom. The standard InChI is InChI=1S/C21H27N3O2/c1-5-24(18-11-7-6-8-12-18)21(26)15-23(4)14-20(25)22-19-13-9-10-16(2)17(19)3/h6-13H,5,14-15H2,1-4H3,(H,22,25). The molecule has 0 heterocycles. The van der Waals surface area contributed by atoms with Crippen LogP contribution in [-0.4, -0.2) is 43.4 Å². The third-order valence-corrected chi connectivity index (χ3v) is 4.38. The number of nitrogens with one attached hydrogen (secondary N) is 1. The van der Waals surface area contributed by atoms with Gasteiger partial charge in [-0.2, -0.15) is 0 Å². The predicted octanol–water partition coefficient (Wildman–Crippen LogP) is 3.23. The van der Waals surface area contributed by atoms with Gasteiger partial charge in [0.05, 0.1) is 13.1 Å². The summed E-state index contributed by atoms with van der Waals surface area (Å²) in [7, 11) is 1.78. The molecule has 5 nitrogen and oxygen atoms in total. The van der Waals surface area contributed by atoms with Crippen LogP contribution in [0, 0.1) is 13.8 Å². The predicted molar refractivity (Wildman–Crippen MR) is 107 cm³/mol. The lowest BCUT2D eigenvalue weighted by Crippen LogP contribution is -2.41. The van der Waals surface area contributed by atoms with Gasteiger partial charge >= 0.3 is 0 Å². The number of anilines is 2. The Bertz CT molecular complexity index is 759. The van der Waals surface area contributed by atoms with Gasteiger partial charge in [-0.15, -0.1) is 0 Å². The van der Waals surface area contributed by atoms with Gasteiger partial charge in [0, 0.05) is 17.9 Å². The van der Waals surface area contributed by atoms with E-state index in [-0.39, 0.29) is 24.9 Å². The zero-order valence-electron chi connectivity index (χ0n) is 16.0. The second kappa shape index (κ2) is 9.15. The van der Waals surface area contributed by atoms with Crippen molar-refractivity contribution in [3.8, 4) is 0 Å². The number of hydrogen-bond donors (Lipinski definition) is 1. The molecule has 0 spiro atoms. The number of benzene rings is 2. The smallest absolute Gasteiger partial charge is 0.241 e. The minimum atomic E-state index is -0.128. The van der Waals surface area contributed by atoms with Crippen molar-refractivity contribution in [2.45, 2.75) is 20.8 Å². The molecule has 1 N–H and O–H groups in total. The van der Waals surface area contributed by atoms with Crippen LogP contribution in [0.2, 0.25) is 0 Å². The Hall–Kier alpha value is -2.66. The molecule has 0 saturated heterocycles. The van der Waals surface area contributed by atoms with Crippen molar-refractivity contribution in [3.63, 3.8) is 0 Å². The molecule has 0 aliphatic carbocycles. The summed E-state index contributed by atoms with van der Waals surface area (Å²) in [6.07, 6.45) is 0. The van der Waals surface area contributed by atoms with Crippen LogP contribution in [0.4, 0.5) is 11.4 Å². The minimum absolute atomic E-state index is 0.0271. The number of para-hydroxylation sites is 1. The summed E-state index contributed by atoms with van der Waals surface area (Å²) in [6.45, 7) is 6.87. The van der Waals surface area contributed by atoms with Gasteiger partial charge in [0.2, 0.25) is 11.8 Å². The number of aryl methyl sites for hydroxylation is 1. The van der Waals surface area contributed by atoms with E-state index in [0.29, 0.717) is 6.54 Å². The number of carbonyl (C=O) groups is 2. The van der Waals surface area contributed by atoms with Crippen molar-refractivity contribution >= 4 is 23.2 Å². The highest BCUT2D eigenvalue weighted by Gasteiger charge is 2.17. The molecule has 5 heteroatoms. The summed E-state index contributed by atoms with van der Waals surface area (Å²) in [5.41, 5.74) is 3.87. The first-order chi connectivity index (χ1) is 12.4. The molecule has 0 aliphatic heterocycles. The summed E-state index contributed by atoms with van der Waals surface area (Å²) in [6, 6.07) is 15.4. The number of hydrogen-bond acceptors (Lipinski definition) is 3. The van der Waals surface area contributed by atoms with Crippen molar-refractivity contribution < 1.29 is 9.59 Å². The fourth-order valence-electron chi connectivity index (χ4n) is 2.80. The van der Waals surface area contributed by atoms with Crippen LogP contribution >= 0.6 is 0 Å². The Labute approximate surface area is 155 Å². The minimum Gasteiger partial charge on any atom is -0.325 e. The van der Waals surface area contributed by atoms with Crippen LogP contribution in [0.15, 0.2) is 48.5 Å². The van der Waals surface area contributed by atoms with E-state index >= 15 is 0 Å². The molecule has 2 amide bonds. The molecule has 2 aromatic carbocycles. The van der Waals surface area contributed by atoms with Gasteiger partial charge in [0.25, 0.3) is 0 Å². The largest absolute Gasteiger partial charge is 0.325 e. The summed E-state index contributed by atoms with van der Waals surface area (Å²) in [4.78, 5) is 28.3. The molecule has 0 radical (unpaired) electrons. The van der Waals surface area contributed by atoms with Gasteiger partial charge in [0.15, 0.2) is 0 Å². The van der Waals surface area contributed by atoms with Crippen molar-refractivity contribution in [1.29, 1.82) is 0 Å². The van der Waals surface area contributed by atoms with Gasteiger partial charge in [-0.05, 0) is 57.1 Å². The molecule has 2 aromatic rings. The van der Waals surface area contributed by atoms with Crippen molar-refractivity contribution in [2.24, 2.45) is 0 Å². The Morgan fingerprint density at radius 3 is 2.31 bits per heavy atom. The number of nitrogens with zero attached hydrogens (tertiary/aromatic N) is 2. The van der Waals surface area contributed by atoms with Crippen molar-refractivity contribution in [3.05, 3.63) is 59.7 Å². The zero-order valence-corrected chi connectivity index (χ0v) is 16.0. The summed E-state index contributed by atoms with van der Waals surface area (Å²) in [5, 5.41) is 2.92. The fourth-order valence-corrected chi connectivity index (χ4v) is 2.80. The van der Waals surface area contributed by atoms with E-state index in [4.69, 9.17) is 0 Å². The second-order valence-electron chi connectivity index (χ2n) is 6.44. The van der Waals surface area contributed by atoms with Gasteiger partial charge in [-0.1, -0.05) is 30.3 Å². The maximum Gasteiger partial charge on any atom is 0.241 e. The van der Waals surface area contributed by atoms with E-state index in [1.807, 2.05) is 69.3 Å². The lowest BCUT2D eigenvalue weighted by Gasteiger charge is -2.24. The molecule has 0 aromatic heterocycles. The fraction of sp³-hybridized carbons (Fsp3) is 0.333. The summed E-state index contributed by atoms with van der Waals surface area (Å²) < 4.78 is 0. The molecule has 26 heavy (non-hydrogen) atoms. The molecular weight excluding hydrogens is 326 g/mol. The number of likely N-dealkylation sites (N-methyl/N-ethyl adjacent to an activating group) is 2. The average molecular weight is 353 g/mol. The highest BCUT2D eigenvalue weighted by Crippen LogP contribution is 2.18. The molecule has 0 bridgehead atoms. The summed E-state index contributed by atoms with van der Waals surface area (Å²) >= 11 is 0. The normalized spacial score (nSPS) is 10.7. The summed E-state index contributed by atoms with van der Waals surface area (Å²) in [5.74, 6) is -0.155. The number of amides is 2. The highest BCUT2D eigenvalue weighted by molar-refractivity contribution is 5.96. The van der Waals surface area contributed by atoms with Gasteiger partial charge in [-0.25, -0.2) is 0 Å². The van der Waals surface area contributed by atoms with E-state index in [1.54, 1.807) is 16.8 Å². The first-order valence-corrected chi connectivity index (χ1v) is 8.82. The second-order valence-corrected chi connectivity index (χ2v) is 6.44. The third kappa shape index (κ3) is 5.17. The quantitative estimate of drug-likeness (QED) is 0.831. The van der Waals surface area contributed by atoms with E-state index < -0.39 is 0 Å². The van der Waals surface area contributed by atoms with Crippen molar-refractivity contribution in [1.82, 2.24) is 4.90 Å². The molecule has 2 rings (SSSR count). The molecule has 0 saturated carbocycles. The number of rotatable bonds is 7. The molecule has 138 valence electrons. The first kappa shape index (κ1) is 19.7. The maximum atomic E-state index is 12.6. The topological polar surface area (TPSA) is 52.7 Å².